The molecule has 0 aromatic heterocycles. The molecular weight excluding hydrogens is 238 g/mol. The van der Waals surface area contributed by atoms with Gasteiger partial charge in [-0.05, 0) is 12.1 Å². The van der Waals surface area contributed by atoms with Crippen LogP contribution in [0.2, 0.25) is 0 Å². The Bertz CT molecular complexity index is 483. The van der Waals surface area contributed by atoms with Gasteiger partial charge >= 0.3 is 11.9 Å². The van der Waals surface area contributed by atoms with Gasteiger partial charge in [-0.2, -0.15) is 0 Å². The van der Waals surface area contributed by atoms with Gasteiger partial charge in [0.1, 0.15) is 6.54 Å². The maximum Gasteiger partial charge on any atom is 0.323 e. The minimum Gasteiger partial charge on any atom is -0.480 e. The molecule has 0 unspecified atom stereocenters. The van der Waals surface area contributed by atoms with Crippen molar-refractivity contribution < 1.29 is 24.2 Å². The van der Waals surface area contributed by atoms with Crippen LogP contribution >= 0.6 is 0 Å². The van der Waals surface area contributed by atoms with E-state index in [0.717, 1.165) is 4.90 Å². The Kier molecular flexibility index (Phi) is 4.42. The molecule has 0 aliphatic heterocycles. The summed E-state index contributed by atoms with van der Waals surface area (Å²) in [6.07, 6.45) is 0. The first-order chi connectivity index (χ1) is 8.41. The van der Waals surface area contributed by atoms with Crippen molar-refractivity contribution in [2.75, 3.05) is 11.4 Å². The zero-order valence-corrected chi connectivity index (χ0v) is 10.0. The minimum atomic E-state index is -1.15. The number of carbonyl (C=O) groups is 3. The molecule has 18 heavy (non-hydrogen) atoms. The zero-order valence-electron chi connectivity index (χ0n) is 10.0. The second-order valence-electron chi connectivity index (χ2n) is 3.56. The number of para-hydroxylation sites is 2. The van der Waals surface area contributed by atoms with Crippen LogP contribution in [0.15, 0.2) is 24.3 Å². The maximum absolute atomic E-state index is 11.4. The van der Waals surface area contributed by atoms with Crippen molar-refractivity contribution in [3.8, 4) is 5.75 Å². The molecule has 1 amide bonds. The third-order valence-electron chi connectivity index (χ3n) is 2.08. The number of carboxylic acids is 1. The summed E-state index contributed by atoms with van der Waals surface area (Å²) in [5.74, 6) is -1.98. The fourth-order valence-corrected chi connectivity index (χ4v) is 1.42. The van der Waals surface area contributed by atoms with Crippen LogP contribution in [0.4, 0.5) is 5.69 Å². The highest BCUT2D eigenvalue weighted by Crippen LogP contribution is 2.28. The normalized spacial score (nSPS) is 9.67. The van der Waals surface area contributed by atoms with Crippen LogP contribution in [0, 0.1) is 0 Å². The van der Waals surface area contributed by atoms with E-state index in [0.29, 0.717) is 0 Å². The molecule has 6 nitrogen and oxygen atoms in total. The van der Waals surface area contributed by atoms with Crippen molar-refractivity contribution in [1.82, 2.24) is 0 Å². The van der Waals surface area contributed by atoms with E-state index in [1.807, 2.05) is 0 Å². The van der Waals surface area contributed by atoms with E-state index >= 15 is 0 Å². The fraction of sp³-hybridized carbons (Fsp3) is 0.250. The molecular formula is C12H13NO5. The Morgan fingerprint density at radius 2 is 1.83 bits per heavy atom. The molecule has 1 aromatic rings. The predicted octanol–water partition coefficient (Wildman–Crippen LogP) is 1.05. The molecule has 0 saturated heterocycles. The van der Waals surface area contributed by atoms with Gasteiger partial charge in [-0.15, -0.1) is 0 Å². The first kappa shape index (κ1) is 13.7. The van der Waals surface area contributed by atoms with E-state index in [-0.39, 0.29) is 11.4 Å². The summed E-state index contributed by atoms with van der Waals surface area (Å²) in [4.78, 5) is 34.1. The molecule has 1 rings (SSSR count). The van der Waals surface area contributed by atoms with E-state index < -0.39 is 24.4 Å². The molecule has 0 fully saturated rings. The Morgan fingerprint density at radius 3 is 2.33 bits per heavy atom. The number of ether oxygens (including phenoxy) is 1. The Morgan fingerprint density at radius 1 is 1.22 bits per heavy atom. The van der Waals surface area contributed by atoms with Crippen molar-refractivity contribution in [1.29, 1.82) is 0 Å². The lowest BCUT2D eigenvalue weighted by Crippen LogP contribution is -2.34. The van der Waals surface area contributed by atoms with Crippen LogP contribution in [0.25, 0.3) is 0 Å². The van der Waals surface area contributed by atoms with Gasteiger partial charge in [0.05, 0.1) is 5.69 Å². The number of rotatable bonds is 4. The van der Waals surface area contributed by atoms with Gasteiger partial charge in [0.2, 0.25) is 5.91 Å². The summed E-state index contributed by atoms with van der Waals surface area (Å²) >= 11 is 0. The molecule has 0 aliphatic rings. The van der Waals surface area contributed by atoms with E-state index in [1.165, 1.54) is 26.0 Å². The maximum atomic E-state index is 11.4. The summed E-state index contributed by atoms with van der Waals surface area (Å²) in [7, 11) is 0. The van der Waals surface area contributed by atoms with Gasteiger partial charge in [-0.25, -0.2) is 0 Å². The smallest absolute Gasteiger partial charge is 0.323 e. The van der Waals surface area contributed by atoms with Crippen LogP contribution in [0.1, 0.15) is 13.8 Å². The number of nitrogens with zero attached hydrogens (tertiary/aromatic N) is 1. The van der Waals surface area contributed by atoms with Crippen molar-refractivity contribution >= 4 is 23.5 Å². The standard InChI is InChI=1S/C12H13NO5/c1-8(14)13(7-12(16)17)10-5-3-4-6-11(10)18-9(2)15/h3-6H,7H2,1-2H3,(H,16,17). The first-order valence-electron chi connectivity index (χ1n) is 5.19. The summed E-state index contributed by atoms with van der Waals surface area (Å²) < 4.78 is 4.93. The highest BCUT2D eigenvalue weighted by atomic mass is 16.5. The van der Waals surface area contributed by atoms with Gasteiger partial charge in [0.25, 0.3) is 0 Å². The van der Waals surface area contributed by atoms with Crippen molar-refractivity contribution in [2.45, 2.75) is 13.8 Å². The number of esters is 1. The van der Waals surface area contributed by atoms with Crippen LogP contribution in [0.3, 0.4) is 0 Å². The largest absolute Gasteiger partial charge is 0.480 e. The fourth-order valence-electron chi connectivity index (χ4n) is 1.42. The Balaban J connectivity index is 3.14. The first-order valence-corrected chi connectivity index (χ1v) is 5.19. The monoisotopic (exact) mass is 251 g/mol. The number of hydrogen-bond donors (Lipinski definition) is 1. The highest BCUT2D eigenvalue weighted by molar-refractivity contribution is 5.97. The summed E-state index contributed by atoms with van der Waals surface area (Å²) in [6.45, 7) is 1.98. The average molecular weight is 251 g/mol. The van der Waals surface area contributed by atoms with Crippen molar-refractivity contribution in [2.24, 2.45) is 0 Å². The number of hydrogen-bond acceptors (Lipinski definition) is 4. The van der Waals surface area contributed by atoms with Crippen molar-refractivity contribution in [3.05, 3.63) is 24.3 Å². The number of carboxylic acid groups (broad SMARTS) is 1. The SMILES string of the molecule is CC(=O)Oc1ccccc1N(CC(=O)O)C(C)=O. The van der Waals surface area contributed by atoms with Gasteiger partial charge in [0.15, 0.2) is 5.75 Å². The molecule has 0 aliphatic carbocycles. The molecule has 0 bridgehead atoms. The molecule has 0 atom stereocenters. The molecule has 1 N–H and O–H groups in total. The second kappa shape index (κ2) is 5.81. The molecule has 0 heterocycles. The molecule has 96 valence electrons. The number of anilines is 1. The summed E-state index contributed by atoms with van der Waals surface area (Å²) in [5, 5.41) is 8.77. The van der Waals surface area contributed by atoms with Gasteiger partial charge < -0.3 is 9.84 Å². The molecule has 0 radical (unpaired) electrons. The third-order valence-corrected chi connectivity index (χ3v) is 2.08. The van der Waals surface area contributed by atoms with Crippen LogP contribution < -0.4 is 9.64 Å². The minimum absolute atomic E-state index is 0.154. The quantitative estimate of drug-likeness (QED) is 0.638. The highest BCUT2D eigenvalue weighted by Gasteiger charge is 2.19. The molecule has 1 aromatic carbocycles. The lowest BCUT2D eigenvalue weighted by molar-refractivity contribution is -0.136. The van der Waals surface area contributed by atoms with Gasteiger partial charge in [-0.1, -0.05) is 12.1 Å². The van der Waals surface area contributed by atoms with E-state index in [9.17, 15) is 14.4 Å². The lowest BCUT2D eigenvalue weighted by Gasteiger charge is -2.21. The topological polar surface area (TPSA) is 83.9 Å². The Labute approximate surface area is 104 Å². The number of carbonyl (C=O) groups excluding carboxylic acids is 2. The van der Waals surface area contributed by atoms with Crippen LogP contribution in [0.5, 0.6) is 5.75 Å². The van der Waals surface area contributed by atoms with E-state index in [4.69, 9.17) is 9.84 Å². The van der Waals surface area contributed by atoms with Crippen molar-refractivity contribution in [3.63, 3.8) is 0 Å². The number of benzene rings is 1. The number of amides is 1. The Hall–Kier alpha value is -2.37. The summed E-state index contributed by atoms with van der Waals surface area (Å²) in [6, 6.07) is 6.26. The molecule has 6 heteroatoms. The van der Waals surface area contributed by atoms with Crippen LogP contribution in [-0.4, -0.2) is 29.5 Å². The summed E-state index contributed by atoms with van der Waals surface area (Å²) in [5.41, 5.74) is 0.252. The van der Waals surface area contributed by atoms with Gasteiger partial charge in [-0.3, -0.25) is 19.3 Å². The van der Waals surface area contributed by atoms with E-state index in [2.05, 4.69) is 0 Å². The molecule has 0 saturated carbocycles. The van der Waals surface area contributed by atoms with Gasteiger partial charge in [0, 0.05) is 13.8 Å². The molecule has 0 spiro atoms. The predicted molar refractivity (Wildman–Crippen MR) is 63.4 cm³/mol. The van der Waals surface area contributed by atoms with E-state index in [1.54, 1.807) is 12.1 Å². The second-order valence-corrected chi connectivity index (χ2v) is 3.56. The lowest BCUT2D eigenvalue weighted by atomic mass is 10.2. The average Bonchev–Trinajstić information content (AvgIpc) is 2.25. The van der Waals surface area contributed by atoms with Crippen LogP contribution in [-0.2, 0) is 14.4 Å². The zero-order chi connectivity index (χ0) is 13.7. The third kappa shape index (κ3) is 3.58. The number of aliphatic carboxylic acids is 1.